The molecule has 1 aromatic carbocycles. The maximum Gasteiger partial charge on any atom is 0.237 e. The molecule has 118 valence electrons. The number of aromatic nitrogens is 3. The molecular formula is C19H21N3O. The average Bonchev–Trinajstić information content (AvgIpc) is 2.86. The van der Waals surface area contributed by atoms with Gasteiger partial charge in [-0.3, -0.25) is 4.98 Å². The molecule has 0 N–H and O–H groups in total. The van der Waals surface area contributed by atoms with Crippen LogP contribution in [0.4, 0.5) is 0 Å². The summed E-state index contributed by atoms with van der Waals surface area (Å²) in [4.78, 5) is 4.36. The highest BCUT2D eigenvalue weighted by Gasteiger charge is 2.17. The summed E-state index contributed by atoms with van der Waals surface area (Å²) in [7, 11) is 0. The lowest BCUT2D eigenvalue weighted by Gasteiger charge is -2.05. The van der Waals surface area contributed by atoms with Crippen LogP contribution >= 0.6 is 0 Å². The Morgan fingerprint density at radius 2 is 1.83 bits per heavy atom. The fourth-order valence-corrected chi connectivity index (χ4v) is 2.60. The molecule has 0 aliphatic rings. The highest BCUT2D eigenvalue weighted by molar-refractivity contribution is 5.41. The molecule has 0 atom stereocenters. The third kappa shape index (κ3) is 3.26. The molecule has 0 spiro atoms. The second-order valence-electron chi connectivity index (χ2n) is 5.53. The molecule has 3 rings (SSSR count). The molecule has 0 radical (unpaired) electrons. The molecule has 2 heterocycles. The first kappa shape index (κ1) is 15.3. The van der Waals surface area contributed by atoms with Gasteiger partial charge in [0.2, 0.25) is 5.88 Å². The molecule has 2 aromatic heterocycles. The van der Waals surface area contributed by atoms with E-state index in [9.17, 15) is 0 Å². The predicted molar refractivity (Wildman–Crippen MR) is 91.3 cm³/mol. The number of hydrogen-bond donors (Lipinski definition) is 0. The lowest BCUT2D eigenvalue weighted by molar-refractivity contribution is 0.321. The lowest BCUT2D eigenvalue weighted by atomic mass is 10.1. The van der Waals surface area contributed by atoms with E-state index in [2.05, 4.69) is 41.3 Å². The zero-order valence-corrected chi connectivity index (χ0v) is 13.8. The lowest BCUT2D eigenvalue weighted by Crippen LogP contribution is -2.01. The van der Waals surface area contributed by atoms with Crippen LogP contribution in [0.2, 0.25) is 0 Å². The Labute approximate surface area is 136 Å². The van der Waals surface area contributed by atoms with E-state index >= 15 is 0 Å². The molecule has 0 saturated heterocycles. The van der Waals surface area contributed by atoms with Crippen LogP contribution in [-0.2, 0) is 6.42 Å². The normalized spacial score (nSPS) is 10.7. The smallest absolute Gasteiger partial charge is 0.237 e. The minimum atomic E-state index is 0.602. The Bertz CT molecular complexity index is 776. The Morgan fingerprint density at radius 3 is 2.48 bits per heavy atom. The minimum Gasteiger partial charge on any atom is -0.477 e. The van der Waals surface area contributed by atoms with Crippen molar-refractivity contribution in [3.63, 3.8) is 0 Å². The summed E-state index contributed by atoms with van der Waals surface area (Å²) >= 11 is 0. The molecule has 0 fully saturated rings. The molecule has 23 heavy (non-hydrogen) atoms. The van der Waals surface area contributed by atoms with Crippen LogP contribution in [0.3, 0.4) is 0 Å². The summed E-state index contributed by atoms with van der Waals surface area (Å²) in [5.41, 5.74) is 5.40. The third-order valence-corrected chi connectivity index (χ3v) is 3.85. The topological polar surface area (TPSA) is 39.9 Å². The van der Waals surface area contributed by atoms with E-state index in [4.69, 9.17) is 4.74 Å². The van der Waals surface area contributed by atoms with E-state index in [-0.39, 0.29) is 0 Å². The van der Waals surface area contributed by atoms with Crippen LogP contribution < -0.4 is 4.74 Å². The van der Waals surface area contributed by atoms with Gasteiger partial charge in [-0.05, 0) is 38.5 Å². The van der Waals surface area contributed by atoms with Gasteiger partial charge in [-0.2, -0.15) is 0 Å². The van der Waals surface area contributed by atoms with Crippen LogP contribution in [0, 0.1) is 13.8 Å². The van der Waals surface area contributed by atoms with Gasteiger partial charge >= 0.3 is 0 Å². The fourth-order valence-electron chi connectivity index (χ4n) is 2.60. The van der Waals surface area contributed by atoms with Crippen LogP contribution in [0.1, 0.15) is 29.4 Å². The Morgan fingerprint density at radius 1 is 1.04 bits per heavy atom. The monoisotopic (exact) mass is 307 g/mol. The van der Waals surface area contributed by atoms with Crippen LogP contribution in [0.15, 0.2) is 48.7 Å². The third-order valence-electron chi connectivity index (χ3n) is 3.85. The van der Waals surface area contributed by atoms with Gasteiger partial charge in [0.1, 0.15) is 0 Å². The van der Waals surface area contributed by atoms with Gasteiger partial charge in [0, 0.05) is 23.4 Å². The molecule has 0 saturated carbocycles. The van der Waals surface area contributed by atoms with Crippen molar-refractivity contribution in [1.82, 2.24) is 14.8 Å². The summed E-state index contributed by atoms with van der Waals surface area (Å²) in [6.45, 7) is 6.64. The molecule has 4 nitrogen and oxygen atoms in total. The first-order chi connectivity index (χ1) is 11.2. The molecule has 3 aromatic rings. The summed E-state index contributed by atoms with van der Waals surface area (Å²) < 4.78 is 7.68. The van der Waals surface area contributed by atoms with Gasteiger partial charge in [-0.15, -0.1) is 5.10 Å². The van der Waals surface area contributed by atoms with E-state index in [1.165, 1.54) is 5.56 Å². The second kappa shape index (κ2) is 6.65. The maximum absolute atomic E-state index is 5.76. The molecule has 0 amide bonds. The van der Waals surface area contributed by atoms with Gasteiger partial charge in [0.05, 0.1) is 18.5 Å². The van der Waals surface area contributed by atoms with E-state index < -0.39 is 0 Å². The molecule has 0 bridgehead atoms. The maximum atomic E-state index is 5.76. The molecule has 0 aliphatic heterocycles. The Hall–Kier alpha value is -2.62. The fraction of sp³-hybridized carbons (Fsp3) is 0.263. The Balaban J connectivity index is 2.02. The number of pyridine rings is 1. The van der Waals surface area contributed by atoms with Gasteiger partial charge < -0.3 is 4.74 Å². The van der Waals surface area contributed by atoms with Crippen molar-refractivity contribution in [1.29, 1.82) is 0 Å². The van der Waals surface area contributed by atoms with Crippen LogP contribution in [-0.4, -0.2) is 21.4 Å². The molecule has 0 unspecified atom stereocenters. The van der Waals surface area contributed by atoms with E-state index in [1.54, 1.807) is 0 Å². The number of ether oxygens (including phenoxy) is 1. The van der Waals surface area contributed by atoms with Crippen molar-refractivity contribution in [2.24, 2.45) is 0 Å². The second-order valence-corrected chi connectivity index (χ2v) is 5.53. The Kier molecular flexibility index (Phi) is 4.42. The van der Waals surface area contributed by atoms with E-state index in [0.29, 0.717) is 12.5 Å². The first-order valence-electron chi connectivity index (χ1n) is 7.87. The number of aryl methyl sites for hydroxylation is 1. The van der Waals surface area contributed by atoms with E-state index in [1.807, 2.05) is 42.9 Å². The summed E-state index contributed by atoms with van der Waals surface area (Å²) in [6, 6.07) is 14.4. The van der Waals surface area contributed by atoms with Crippen LogP contribution in [0.5, 0.6) is 5.88 Å². The summed E-state index contributed by atoms with van der Waals surface area (Å²) in [5.74, 6) is 0.703. The quantitative estimate of drug-likeness (QED) is 0.718. The van der Waals surface area contributed by atoms with Crippen molar-refractivity contribution in [3.8, 4) is 11.6 Å². The van der Waals surface area contributed by atoms with Crippen LogP contribution in [0.25, 0.3) is 5.69 Å². The number of hydrogen-bond acceptors (Lipinski definition) is 3. The zero-order valence-electron chi connectivity index (χ0n) is 13.8. The van der Waals surface area contributed by atoms with Gasteiger partial charge in [0.25, 0.3) is 0 Å². The summed E-state index contributed by atoms with van der Waals surface area (Å²) in [5, 5.41) is 4.65. The molecule has 0 aliphatic carbocycles. The zero-order chi connectivity index (χ0) is 16.2. The first-order valence-corrected chi connectivity index (χ1v) is 7.87. The summed E-state index contributed by atoms with van der Waals surface area (Å²) in [6.07, 6.45) is 2.65. The number of rotatable bonds is 5. The molecule has 4 heteroatoms. The highest BCUT2D eigenvalue weighted by atomic mass is 16.5. The standard InChI is InChI=1S/C19H21N3O/c1-4-23-19-18(12-16-8-6-5-7-9-16)15(3)22(21-19)17-11-10-14(2)20-13-17/h5-11,13H,4,12H2,1-3H3. The van der Waals surface area contributed by atoms with Gasteiger partial charge in [-0.1, -0.05) is 30.3 Å². The van der Waals surface area contributed by atoms with Crippen molar-refractivity contribution < 1.29 is 4.74 Å². The highest BCUT2D eigenvalue weighted by Crippen LogP contribution is 2.26. The van der Waals surface area contributed by atoms with Gasteiger partial charge in [-0.25, -0.2) is 4.68 Å². The number of nitrogens with zero attached hydrogens (tertiary/aromatic N) is 3. The van der Waals surface area contributed by atoms with Crippen molar-refractivity contribution in [2.75, 3.05) is 6.61 Å². The van der Waals surface area contributed by atoms with Gasteiger partial charge in [0.15, 0.2) is 0 Å². The SMILES string of the molecule is CCOc1nn(-c2ccc(C)nc2)c(C)c1Cc1ccccc1. The largest absolute Gasteiger partial charge is 0.477 e. The average molecular weight is 307 g/mol. The predicted octanol–water partition coefficient (Wildman–Crippen LogP) is 3.87. The minimum absolute atomic E-state index is 0.602. The van der Waals surface area contributed by atoms with E-state index in [0.717, 1.165) is 29.1 Å². The van der Waals surface area contributed by atoms with Crippen molar-refractivity contribution in [3.05, 3.63) is 71.2 Å². The van der Waals surface area contributed by atoms with Crippen molar-refractivity contribution in [2.45, 2.75) is 27.2 Å². The number of benzene rings is 1. The van der Waals surface area contributed by atoms with Crippen molar-refractivity contribution >= 4 is 0 Å². The molecular weight excluding hydrogens is 286 g/mol.